The third kappa shape index (κ3) is 9.55. The predicted octanol–water partition coefficient (Wildman–Crippen LogP) is 3.55. The first-order valence-corrected chi connectivity index (χ1v) is 14.5. The maximum atomic E-state index is 11.6. The smallest absolute Gasteiger partial charge is 0.475 e. The second kappa shape index (κ2) is 15.4. The first kappa shape index (κ1) is 34.0. The van der Waals surface area contributed by atoms with E-state index in [0.717, 1.165) is 62.0 Å². The minimum absolute atomic E-state index is 0.290. The number of benzene rings is 2. The number of carbonyl (C=O) groups is 2. The average molecular weight is 643 g/mol. The van der Waals surface area contributed by atoms with E-state index in [-0.39, 0.29) is 5.57 Å². The summed E-state index contributed by atoms with van der Waals surface area (Å²) < 4.78 is 37.3. The van der Waals surface area contributed by atoms with E-state index in [1.807, 2.05) is 30.5 Å². The molecule has 2 aliphatic heterocycles. The summed E-state index contributed by atoms with van der Waals surface area (Å²) >= 11 is 0. The van der Waals surface area contributed by atoms with Crippen LogP contribution in [0.15, 0.2) is 61.3 Å². The lowest BCUT2D eigenvalue weighted by Gasteiger charge is -2.34. The van der Waals surface area contributed by atoms with E-state index >= 15 is 0 Å². The van der Waals surface area contributed by atoms with Gasteiger partial charge in [-0.1, -0.05) is 24.8 Å². The third-order valence-corrected chi connectivity index (χ3v) is 7.39. The number of ether oxygens (including phenoxy) is 1. The van der Waals surface area contributed by atoms with Gasteiger partial charge in [0.15, 0.2) is 5.82 Å². The van der Waals surface area contributed by atoms with Gasteiger partial charge in [-0.15, -0.1) is 0 Å². The van der Waals surface area contributed by atoms with Crippen LogP contribution in [-0.4, -0.2) is 97.6 Å². The van der Waals surface area contributed by atoms with Gasteiger partial charge in [0.05, 0.1) is 25.1 Å². The molecule has 5 N–H and O–H groups in total. The van der Waals surface area contributed by atoms with Gasteiger partial charge in [-0.2, -0.15) is 18.2 Å². The Balaban J connectivity index is 0.000000617. The van der Waals surface area contributed by atoms with Crippen molar-refractivity contribution >= 4 is 46.3 Å². The average Bonchev–Trinajstić information content (AvgIpc) is 3.04. The molecule has 15 heteroatoms. The largest absolute Gasteiger partial charge is 0.490 e. The minimum Gasteiger partial charge on any atom is -0.475 e. The lowest BCUT2D eigenvalue weighted by Crippen LogP contribution is -2.44. The second-order valence-corrected chi connectivity index (χ2v) is 10.7. The van der Waals surface area contributed by atoms with Crippen LogP contribution >= 0.6 is 0 Å². The van der Waals surface area contributed by atoms with Crippen molar-refractivity contribution in [2.75, 3.05) is 80.0 Å². The number of piperazine rings is 1. The van der Waals surface area contributed by atoms with E-state index in [0.29, 0.717) is 31.3 Å². The maximum absolute atomic E-state index is 11.6. The molecule has 0 unspecified atom stereocenters. The number of aromatic nitrogens is 2. The van der Waals surface area contributed by atoms with Crippen LogP contribution in [0.4, 0.5) is 42.0 Å². The monoisotopic (exact) mass is 642 g/mol. The van der Waals surface area contributed by atoms with Gasteiger partial charge >= 0.3 is 12.1 Å². The van der Waals surface area contributed by atoms with Gasteiger partial charge in [-0.3, -0.25) is 4.79 Å². The topological polar surface area (TPSA) is 149 Å². The molecule has 0 bridgehead atoms. The molecule has 5 rings (SSSR count). The van der Waals surface area contributed by atoms with Crippen LogP contribution in [-0.2, 0) is 20.9 Å². The summed E-state index contributed by atoms with van der Waals surface area (Å²) in [5.41, 5.74) is 10.5. The van der Waals surface area contributed by atoms with Crippen LogP contribution in [0.3, 0.4) is 0 Å². The van der Waals surface area contributed by atoms with E-state index in [2.05, 4.69) is 68.2 Å². The Morgan fingerprint density at radius 3 is 2.28 bits per heavy atom. The van der Waals surface area contributed by atoms with Crippen molar-refractivity contribution in [1.82, 2.24) is 14.9 Å². The number of hydrogen-bond donors (Lipinski definition) is 4. The number of carboxylic acid groups (broad SMARTS) is 1. The summed E-state index contributed by atoms with van der Waals surface area (Å²) in [6.07, 6.45) is -3.23. The number of amides is 1. The zero-order chi connectivity index (χ0) is 33.3. The van der Waals surface area contributed by atoms with Crippen LogP contribution in [0, 0.1) is 0 Å². The molecule has 0 saturated carbocycles. The molecule has 0 radical (unpaired) electrons. The molecule has 1 amide bonds. The molecule has 12 nitrogen and oxygen atoms in total. The molecule has 46 heavy (non-hydrogen) atoms. The number of halogens is 3. The summed E-state index contributed by atoms with van der Waals surface area (Å²) in [6.45, 7) is 11.4. The molecule has 0 atom stereocenters. The molecule has 2 fully saturated rings. The Morgan fingerprint density at radius 1 is 1.02 bits per heavy atom. The number of primary amides is 1. The zero-order valence-corrected chi connectivity index (χ0v) is 25.4. The standard InChI is InChI=1S/C29H36N8O2.C2HF3O2/c1-21(27(30)38)23-5-3-4-22(18-23)19-31-28-26(37-14-16-39-17-15-37)20-32-29(34-28)33-24-6-8-25(9-7-24)36-12-10-35(2)11-13-36;3-2(4,5)1(6)7/h3-9,18,20H,1,10-17,19H2,2H3,(H2,30,38)(H2,31,32,33,34);(H,6,7). The highest BCUT2D eigenvalue weighted by atomic mass is 19.4. The van der Waals surface area contributed by atoms with Gasteiger partial charge in [-0.25, -0.2) is 9.78 Å². The Labute approximate surface area is 264 Å². The van der Waals surface area contributed by atoms with Gasteiger partial charge in [0.2, 0.25) is 11.9 Å². The molecule has 2 saturated heterocycles. The summed E-state index contributed by atoms with van der Waals surface area (Å²) in [7, 11) is 2.16. The summed E-state index contributed by atoms with van der Waals surface area (Å²) in [6, 6.07) is 16.0. The number of aliphatic carboxylic acids is 1. The van der Waals surface area contributed by atoms with E-state index < -0.39 is 18.1 Å². The van der Waals surface area contributed by atoms with Gasteiger partial charge in [0.1, 0.15) is 0 Å². The summed E-state index contributed by atoms with van der Waals surface area (Å²) in [4.78, 5) is 36.9. The van der Waals surface area contributed by atoms with Crippen LogP contribution in [0.25, 0.3) is 5.57 Å². The predicted molar refractivity (Wildman–Crippen MR) is 170 cm³/mol. The third-order valence-electron chi connectivity index (χ3n) is 7.39. The Morgan fingerprint density at radius 2 is 1.67 bits per heavy atom. The molecule has 2 aliphatic rings. The van der Waals surface area contributed by atoms with Crippen LogP contribution in [0.1, 0.15) is 11.1 Å². The number of nitrogens with one attached hydrogen (secondary N) is 2. The highest BCUT2D eigenvalue weighted by Crippen LogP contribution is 2.28. The lowest BCUT2D eigenvalue weighted by atomic mass is 10.0. The number of carbonyl (C=O) groups excluding carboxylic acids is 1. The minimum atomic E-state index is -5.08. The van der Waals surface area contributed by atoms with E-state index in [1.54, 1.807) is 0 Å². The Bertz CT molecular complexity index is 1510. The van der Waals surface area contributed by atoms with Crippen molar-refractivity contribution in [2.24, 2.45) is 5.73 Å². The quantitative estimate of drug-likeness (QED) is 0.254. The van der Waals surface area contributed by atoms with Gasteiger partial charge in [0.25, 0.3) is 0 Å². The highest BCUT2D eigenvalue weighted by Gasteiger charge is 2.38. The lowest BCUT2D eigenvalue weighted by molar-refractivity contribution is -0.192. The number of nitrogens with zero attached hydrogens (tertiary/aromatic N) is 5. The fourth-order valence-electron chi connectivity index (χ4n) is 4.75. The number of nitrogens with two attached hydrogens (primary N) is 1. The van der Waals surface area contributed by atoms with Crippen LogP contribution in [0.5, 0.6) is 0 Å². The van der Waals surface area contributed by atoms with Crippen LogP contribution in [0.2, 0.25) is 0 Å². The van der Waals surface area contributed by atoms with Crippen molar-refractivity contribution in [3.63, 3.8) is 0 Å². The van der Waals surface area contributed by atoms with Crippen molar-refractivity contribution in [3.05, 3.63) is 72.4 Å². The van der Waals surface area contributed by atoms with Crippen LogP contribution < -0.4 is 26.2 Å². The molecular formula is C31H37F3N8O4. The molecule has 246 valence electrons. The van der Waals surface area contributed by atoms with E-state index in [1.165, 1.54) is 5.69 Å². The second-order valence-electron chi connectivity index (χ2n) is 10.7. The molecular weight excluding hydrogens is 605 g/mol. The molecule has 1 aromatic heterocycles. The van der Waals surface area contributed by atoms with Gasteiger partial charge in [-0.05, 0) is 48.5 Å². The first-order valence-electron chi connectivity index (χ1n) is 14.5. The highest BCUT2D eigenvalue weighted by molar-refractivity contribution is 6.17. The zero-order valence-electron chi connectivity index (χ0n) is 25.4. The van der Waals surface area contributed by atoms with E-state index in [4.69, 9.17) is 25.4 Å². The van der Waals surface area contributed by atoms with Crippen molar-refractivity contribution in [2.45, 2.75) is 12.7 Å². The normalized spacial score (nSPS) is 15.4. The summed E-state index contributed by atoms with van der Waals surface area (Å²) in [5.74, 6) is -2.05. The number of hydrogen-bond acceptors (Lipinski definition) is 10. The van der Waals surface area contributed by atoms with Gasteiger partial charge < -0.3 is 40.9 Å². The molecule has 2 aromatic carbocycles. The fourth-order valence-corrected chi connectivity index (χ4v) is 4.75. The van der Waals surface area contributed by atoms with Crippen molar-refractivity contribution < 1.29 is 32.6 Å². The number of alkyl halides is 3. The Kier molecular flexibility index (Phi) is 11.4. The van der Waals surface area contributed by atoms with Crippen molar-refractivity contribution in [3.8, 4) is 0 Å². The number of anilines is 5. The first-order chi connectivity index (χ1) is 21.9. The number of morpholine rings is 1. The van der Waals surface area contributed by atoms with Gasteiger partial charge in [0, 0.05) is 62.8 Å². The maximum Gasteiger partial charge on any atom is 0.490 e. The van der Waals surface area contributed by atoms with E-state index in [9.17, 15) is 18.0 Å². The SMILES string of the molecule is C=C(C(N)=O)c1cccc(CNc2nc(Nc3ccc(N4CCN(C)CC4)cc3)ncc2N2CCOCC2)c1.O=C(O)C(F)(F)F. The molecule has 3 heterocycles. The molecule has 3 aromatic rings. The molecule has 0 spiro atoms. The summed E-state index contributed by atoms with van der Waals surface area (Å²) in [5, 5.41) is 14.0. The number of likely N-dealkylation sites (N-methyl/N-ethyl adjacent to an activating group) is 1. The van der Waals surface area contributed by atoms with Crippen molar-refractivity contribution in [1.29, 1.82) is 0 Å². The fraction of sp³-hybridized carbons (Fsp3) is 0.355. The number of carboxylic acids is 1. The Hall–Kier alpha value is -4.89. The molecule has 0 aliphatic carbocycles. The number of rotatable bonds is 9.